The van der Waals surface area contributed by atoms with Gasteiger partial charge in [0.05, 0.1) is 0 Å². The number of rotatable bonds is 8. The highest BCUT2D eigenvalue weighted by Gasteiger charge is 2.34. The second-order valence-corrected chi connectivity index (χ2v) is 22.5. The van der Waals surface area contributed by atoms with Gasteiger partial charge < -0.3 is 23.1 Å². The minimum Gasteiger partial charge on any atom is -0.456 e. The molecule has 3 aliphatic carbocycles. The predicted molar refractivity (Wildman–Crippen MR) is 308 cm³/mol. The van der Waals surface area contributed by atoms with E-state index >= 15 is 0 Å². The van der Waals surface area contributed by atoms with Crippen LogP contribution in [-0.4, -0.2) is 0 Å². The van der Waals surface area contributed by atoms with Crippen LogP contribution in [0.2, 0.25) is 0 Å². The fraction of sp³-hybridized carbons (Fsp3) is 0.246. The largest absolute Gasteiger partial charge is 0.456 e. The van der Waals surface area contributed by atoms with Crippen molar-refractivity contribution in [1.82, 2.24) is 0 Å². The molecule has 0 unspecified atom stereocenters. The van der Waals surface area contributed by atoms with Crippen LogP contribution in [0.25, 0.3) is 76.6 Å². The third-order valence-corrected chi connectivity index (χ3v) is 17.7. The maximum atomic E-state index is 7.07. The summed E-state index contributed by atoms with van der Waals surface area (Å²) in [5.74, 6) is 1.12. The van der Waals surface area contributed by atoms with Gasteiger partial charge in [0.25, 0.3) is 0 Å². The minimum absolute atomic E-state index is 0.0560. The van der Waals surface area contributed by atoms with E-state index in [1.165, 1.54) is 124 Å². The number of hydrogen-bond acceptors (Lipinski definition) is 5. The smallest absolute Gasteiger partial charge is 0.138 e. The molecule has 2 fully saturated rings. The molecule has 0 N–H and O–H groups in total. The van der Waals surface area contributed by atoms with Crippen LogP contribution in [0.5, 0.6) is 0 Å². The van der Waals surface area contributed by atoms with Gasteiger partial charge in [-0.25, -0.2) is 0 Å². The zero-order valence-electron chi connectivity index (χ0n) is 42.4. The van der Waals surface area contributed by atoms with Crippen molar-refractivity contribution >= 4 is 111 Å². The van der Waals surface area contributed by atoms with Gasteiger partial charge in [-0.2, -0.15) is 0 Å². The van der Waals surface area contributed by atoms with E-state index < -0.39 is 0 Å². The molecule has 0 amide bonds. The molecule has 9 aromatic carbocycles. The van der Waals surface area contributed by atoms with Gasteiger partial charge in [-0.05, 0) is 162 Å². The van der Waals surface area contributed by atoms with E-state index in [-0.39, 0.29) is 5.41 Å². The molecule has 0 bridgehead atoms. The highest BCUT2D eigenvalue weighted by Crippen LogP contribution is 2.52. The van der Waals surface area contributed by atoms with Crippen LogP contribution < -0.4 is 9.80 Å². The summed E-state index contributed by atoms with van der Waals surface area (Å²) in [4.78, 5) is 4.80. The number of anilines is 6. The zero-order valence-corrected chi connectivity index (χ0v) is 42.4. The first-order valence-corrected chi connectivity index (χ1v) is 27.5. The van der Waals surface area contributed by atoms with Crippen molar-refractivity contribution in [1.29, 1.82) is 0 Å². The van der Waals surface area contributed by atoms with Crippen molar-refractivity contribution in [3.63, 3.8) is 0 Å². The van der Waals surface area contributed by atoms with E-state index in [0.717, 1.165) is 85.5 Å². The predicted octanol–water partition coefficient (Wildman–Crippen LogP) is 20.8. The standard InChI is InChI=1S/C69H60N2O3/c1-69(2)38-37-56-60(71(46-23-13-6-14-24-46)49-30-33-53-55-28-16-26-51(44-19-9-4-10-20-44)68(55)74-62(53)41-49)36-35-58-65(56)59(69)42-64-66(58)57-34-31-48(40-63(57)72-64)70(45-21-11-5-12-22-45)47-29-32-52-54-27-15-25-50(43-17-7-3-8-18-43)67(54)73-61(52)39-47/h5-6,11-16,21-36,39-44H,3-4,7-10,17-20,37-38H2,1-2H3. The first kappa shape index (κ1) is 43.8. The SMILES string of the molecule is CC1(C)CCc2c(N(c3ccccc3)c3ccc4c(c3)oc3c(C5CCCCC5)cccc34)ccc3c2c1cc1oc2cc(N(c4ccccc4)c4ccc5c(c4)oc4c(C6CCCCC6)cccc45)ccc2c13. The maximum Gasteiger partial charge on any atom is 0.138 e. The third kappa shape index (κ3) is 6.95. The molecule has 364 valence electrons. The van der Waals surface area contributed by atoms with Crippen molar-refractivity contribution in [2.24, 2.45) is 0 Å². The van der Waals surface area contributed by atoms with Gasteiger partial charge in [-0.3, -0.25) is 0 Å². The van der Waals surface area contributed by atoms with Crippen molar-refractivity contribution in [3.8, 4) is 0 Å². The summed E-state index contributed by atoms with van der Waals surface area (Å²) in [5, 5.41) is 9.65. The molecule has 0 atom stereocenters. The number of furan rings is 3. The van der Waals surface area contributed by atoms with Gasteiger partial charge in [-0.15, -0.1) is 0 Å². The lowest BCUT2D eigenvalue weighted by Gasteiger charge is -2.36. The molecular weight excluding hydrogens is 905 g/mol. The molecular formula is C69H60N2O3. The summed E-state index contributed by atoms with van der Waals surface area (Å²) >= 11 is 0. The summed E-state index contributed by atoms with van der Waals surface area (Å²) in [7, 11) is 0. The average molecular weight is 965 g/mol. The summed E-state index contributed by atoms with van der Waals surface area (Å²) in [6.45, 7) is 4.81. The summed E-state index contributed by atoms with van der Waals surface area (Å²) in [6.07, 6.45) is 14.8. The van der Waals surface area contributed by atoms with Crippen LogP contribution in [-0.2, 0) is 11.8 Å². The summed E-state index contributed by atoms with van der Waals surface area (Å²) in [5.41, 5.74) is 17.8. The van der Waals surface area contributed by atoms with Gasteiger partial charge >= 0.3 is 0 Å². The Morgan fingerprint density at radius 3 is 1.46 bits per heavy atom. The Morgan fingerprint density at radius 1 is 0.392 bits per heavy atom. The normalized spacial score (nSPS) is 16.4. The van der Waals surface area contributed by atoms with Gasteiger partial charge in [-0.1, -0.05) is 131 Å². The van der Waals surface area contributed by atoms with Crippen molar-refractivity contribution in [3.05, 3.63) is 192 Å². The lowest BCUT2D eigenvalue weighted by atomic mass is 9.71. The Bertz CT molecular complexity index is 4150. The third-order valence-electron chi connectivity index (χ3n) is 17.7. The number of benzene rings is 9. The molecule has 2 saturated carbocycles. The van der Waals surface area contributed by atoms with Crippen LogP contribution in [0.1, 0.15) is 119 Å². The molecule has 74 heavy (non-hydrogen) atoms. The second-order valence-electron chi connectivity index (χ2n) is 22.5. The first-order valence-electron chi connectivity index (χ1n) is 27.5. The van der Waals surface area contributed by atoms with Gasteiger partial charge in [0.2, 0.25) is 0 Å². The maximum absolute atomic E-state index is 7.07. The average Bonchev–Trinajstić information content (AvgIpc) is 4.15. The lowest BCUT2D eigenvalue weighted by molar-refractivity contribution is 0.442. The number of hydrogen-bond donors (Lipinski definition) is 0. The molecule has 12 aromatic rings. The fourth-order valence-electron chi connectivity index (χ4n) is 13.9. The van der Waals surface area contributed by atoms with Crippen molar-refractivity contribution in [2.45, 2.75) is 108 Å². The van der Waals surface area contributed by atoms with Crippen molar-refractivity contribution < 1.29 is 13.3 Å². The lowest BCUT2D eigenvalue weighted by Crippen LogP contribution is -2.24. The molecule has 0 spiro atoms. The molecule has 0 saturated heterocycles. The van der Waals surface area contributed by atoms with E-state index in [4.69, 9.17) is 13.3 Å². The summed E-state index contributed by atoms with van der Waals surface area (Å²) < 4.78 is 20.9. The molecule has 5 heteroatoms. The number of fused-ring (bicyclic) bond motifs is 10. The van der Waals surface area contributed by atoms with E-state index in [9.17, 15) is 0 Å². The Morgan fingerprint density at radius 2 is 0.892 bits per heavy atom. The Kier molecular flexibility index (Phi) is 10.2. The fourth-order valence-corrected chi connectivity index (χ4v) is 13.9. The first-order chi connectivity index (χ1) is 36.4. The molecule has 3 aliphatic rings. The molecule has 5 nitrogen and oxygen atoms in total. The molecule has 15 rings (SSSR count). The second kappa shape index (κ2) is 17.2. The van der Waals surface area contributed by atoms with Crippen LogP contribution in [0.3, 0.4) is 0 Å². The van der Waals surface area contributed by atoms with Gasteiger partial charge in [0, 0.05) is 84.6 Å². The van der Waals surface area contributed by atoms with Gasteiger partial charge in [0.15, 0.2) is 0 Å². The highest BCUT2D eigenvalue weighted by atomic mass is 16.3. The van der Waals surface area contributed by atoms with Crippen LogP contribution >= 0.6 is 0 Å². The molecule has 3 aromatic heterocycles. The van der Waals surface area contributed by atoms with E-state index in [2.05, 4.69) is 194 Å². The Labute approximate surface area is 432 Å². The number of aryl methyl sites for hydroxylation is 1. The molecule has 3 heterocycles. The van der Waals surface area contributed by atoms with E-state index in [1.54, 1.807) is 0 Å². The highest BCUT2D eigenvalue weighted by molar-refractivity contribution is 6.22. The number of para-hydroxylation sites is 4. The van der Waals surface area contributed by atoms with Crippen molar-refractivity contribution in [2.75, 3.05) is 9.80 Å². The van der Waals surface area contributed by atoms with Crippen LogP contribution in [0, 0.1) is 0 Å². The quantitative estimate of drug-likeness (QED) is 0.152. The summed E-state index contributed by atoms with van der Waals surface area (Å²) in [6, 6.07) is 62.6. The Balaban J connectivity index is 0.867. The Hall–Kier alpha value is -7.76. The van der Waals surface area contributed by atoms with Crippen LogP contribution in [0.15, 0.2) is 183 Å². The monoisotopic (exact) mass is 964 g/mol. The van der Waals surface area contributed by atoms with E-state index in [1.807, 2.05) is 0 Å². The molecule has 0 aliphatic heterocycles. The van der Waals surface area contributed by atoms with E-state index in [0.29, 0.717) is 11.8 Å². The van der Waals surface area contributed by atoms with Crippen LogP contribution in [0.4, 0.5) is 34.1 Å². The molecule has 0 radical (unpaired) electrons. The number of nitrogens with zero attached hydrogens (tertiary/aromatic N) is 2. The van der Waals surface area contributed by atoms with Gasteiger partial charge in [0.1, 0.15) is 33.5 Å². The zero-order chi connectivity index (χ0) is 49.1. The minimum atomic E-state index is -0.0560. The topological polar surface area (TPSA) is 45.9 Å².